The van der Waals surface area contributed by atoms with Crippen LogP contribution in [-0.2, 0) is 11.2 Å². The average molecular weight is 506 g/mol. The lowest BCUT2D eigenvalue weighted by atomic mass is 9.86. The molecule has 2 saturated heterocycles. The molecule has 1 N–H and O–H groups in total. The number of hydrogen-bond acceptors (Lipinski definition) is 5. The first kappa shape index (κ1) is 25.6. The van der Waals surface area contributed by atoms with E-state index < -0.39 is 0 Å². The van der Waals surface area contributed by atoms with Gasteiger partial charge in [-0.1, -0.05) is 30.3 Å². The first-order valence-electron chi connectivity index (χ1n) is 13.7. The number of fused-ring (bicyclic) bond motifs is 1. The van der Waals surface area contributed by atoms with Gasteiger partial charge in [0.1, 0.15) is 17.1 Å². The van der Waals surface area contributed by atoms with Crippen LogP contribution in [0.25, 0.3) is 0 Å². The lowest BCUT2D eigenvalue weighted by Gasteiger charge is -2.42. The zero-order valence-corrected chi connectivity index (χ0v) is 22.1. The molecule has 7 nitrogen and oxygen atoms in total. The van der Waals surface area contributed by atoms with Gasteiger partial charge in [0.25, 0.3) is 5.91 Å². The fourth-order valence-electron chi connectivity index (χ4n) is 6.37. The molecular formula is C30H39N3O4. The van der Waals surface area contributed by atoms with Crippen molar-refractivity contribution < 1.29 is 19.1 Å². The highest BCUT2D eigenvalue weighted by atomic mass is 16.5. The first-order chi connectivity index (χ1) is 18.1. The predicted molar refractivity (Wildman–Crippen MR) is 143 cm³/mol. The number of ether oxygens (including phenoxy) is 2. The maximum atomic E-state index is 13.3. The molecule has 2 amide bonds. The Morgan fingerprint density at radius 1 is 0.838 bits per heavy atom. The van der Waals surface area contributed by atoms with Gasteiger partial charge in [-0.25, -0.2) is 0 Å². The molecule has 2 aliphatic heterocycles. The summed E-state index contributed by atoms with van der Waals surface area (Å²) in [5.74, 6) is 1.36. The number of nitrogens with zero attached hydrogens (tertiary/aromatic N) is 2. The van der Waals surface area contributed by atoms with Crippen molar-refractivity contribution >= 4 is 11.8 Å². The zero-order chi connectivity index (χ0) is 25.8. The lowest BCUT2D eigenvalue weighted by molar-refractivity contribution is -0.127. The van der Waals surface area contributed by atoms with Crippen molar-refractivity contribution in [3.8, 4) is 11.5 Å². The van der Waals surface area contributed by atoms with E-state index in [4.69, 9.17) is 9.47 Å². The van der Waals surface area contributed by atoms with Crippen molar-refractivity contribution in [1.29, 1.82) is 0 Å². The summed E-state index contributed by atoms with van der Waals surface area (Å²) in [5.41, 5.74) is 3.17. The summed E-state index contributed by atoms with van der Waals surface area (Å²) in [5, 5.41) is 3.37. The third-order valence-electron chi connectivity index (χ3n) is 8.50. The van der Waals surface area contributed by atoms with Crippen LogP contribution in [-0.4, -0.2) is 68.1 Å². The van der Waals surface area contributed by atoms with Gasteiger partial charge in [-0.2, -0.15) is 0 Å². The number of methoxy groups -OCH3 is 2. The Morgan fingerprint density at radius 2 is 1.51 bits per heavy atom. The summed E-state index contributed by atoms with van der Waals surface area (Å²) in [4.78, 5) is 30.9. The minimum atomic E-state index is -0.0348. The van der Waals surface area contributed by atoms with Crippen molar-refractivity contribution in [1.82, 2.24) is 15.1 Å². The molecule has 2 fully saturated rings. The van der Waals surface area contributed by atoms with Crippen LogP contribution >= 0.6 is 0 Å². The molecule has 3 aliphatic rings. The number of carbonyl (C=O) groups is 2. The van der Waals surface area contributed by atoms with Crippen LogP contribution in [0.4, 0.5) is 0 Å². The predicted octanol–water partition coefficient (Wildman–Crippen LogP) is 4.21. The normalized spacial score (nSPS) is 21.2. The quantitative estimate of drug-likeness (QED) is 0.637. The number of carbonyl (C=O) groups excluding carboxylic acids is 2. The molecule has 7 heteroatoms. The molecule has 2 heterocycles. The molecule has 0 aromatic heterocycles. The van der Waals surface area contributed by atoms with Crippen LogP contribution in [0.3, 0.4) is 0 Å². The molecular weight excluding hydrogens is 466 g/mol. The molecule has 1 aliphatic carbocycles. The van der Waals surface area contributed by atoms with E-state index in [1.807, 2.05) is 11.0 Å². The van der Waals surface area contributed by atoms with E-state index in [0.717, 1.165) is 58.0 Å². The van der Waals surface area contributed by atoms with Crippen molar-refractivity contribution in [2.75, 3.05) is 40.4 Å². The largest absolute Gasteiger partial charge is 0.496 e. The van der Waals surface area contributed by atoms with Gasteiger partial charge in [0, 0.05) is 25.0 Å². The number of hydrogen-bond donors (Lipinski definition) is 1. The Morgan fingerprint density at radius 3 is 2.19 bits per heavy atom. The maximum Gasteiger partial charge on any atom is 0.261 e. The molecule has 1 atom stereocenters. The maximum absolute atomic E-state index is 13.3. The van der Waals surface area contributed by atoms with Crippen LogP contribution in [0.2, 0.25) is 0 Å². The smallest absolute Gasteiger partial charge is 0.261 e. The summed E-state index contributed by atoms with van der Waals surface area (Å²) >= 11 is 0. The molecule has 37 heavy (non-hydrogen) atoms. The van der Waals surface area contributed by atoms with E-state index in [1.54, 1.807) is 26.4 Å². The highest BCUT2D eigenvalue weighted by Gasteiger charge is 2.34. The number of rotatable bonds is 6. The van der Waals surface area contributed by atoms with Gasteiger partial charge in [0.15, 0.2) is 0 Å². The van der Waals surface area contributed by atoms with Crippen LogP contribution in [0.5, 0.6) is 11.5 Å². The van der Waals surface area contributed by atoms with Gasteiger partial charge >= 0.3 is 0 Å². The molecule has 5 rings (SSSR count). The summed E-state index contributed by atoms with van der Waals surface area (Å²) in [6.45, 7) is 3.31. The second-order valence-corrected chi connectivity index (χ2v) is 10.5. The van der Waals surface area contributed by atoms with E-state index in [-0.39, 0.29) is 23.8 Å². The summed E-state index contributed by atoms with van der Waals surface area (Å²) < 4.78 is 10.9. The van der Waals surface area contributed by atoms with Crippen molar-refractivity contribution in [3.63, 3.8) is 0 Å². The van der Waals surface area contributed by atoms with E-state index in [9.17, 15) is 9.59 Å². The van der Waals surface area contributed by atoms with Crippen LogP contribution < -0.4 is 14.8 Å². The van der Waals surface area contributed by atoms with Crippen LogP contribution in [0.1, 0.15) is 66.1 Å². The van der Waals surface area contributed by atoms with Crippen molar-refractivity contribution in [2.45, 2.75) is 57.0 Å². The number of benzene rings is 2. The molecule has 1 unspecified atom stereocenters. The molecule has 0 radical (unpaired) electrons. The van der Waals surface area contributed by atoms with Gasteiger partial charge < -0.3 is 24.6 Å². The Bertz CT molecular complexity index is 1080. The molecule has 2 aromatic rings. The Hall–Kier alpha value is -3.06. The highest BCUT2D eigenvalue weighted by molar-refractivity contribution is 5.99. The van der Waals surface area contributed by atoms with Crippen molar-refractivity contribution in [3.05, 3.63) is 59.2 Å². The first-order valence-corrected chi connectivity index (χ1v) is 13.7. The van der Waals surface area contributed by atoms with E-state index >= 15 is 0 Å². The second kappa shape index (κ2) is 11.5. The van der Waals surface area contributed by atoms with Gasteiger partial charge in [-0.15, -0.1) is 0 Å². The lowest BCUT2D eigenvalue weighted by Crippen LogP contribution is -2.50. The fraction of sp³-hybridized carbons (Fsp3) is 0.533. The fourth-order valence-corrected chi connectivity index (χ4v) is 6.37. The number of amides is 2. The van der Waals surface area contributed by atoms with E-state index in [1.165, 1.54) is 11.1 Å². The minimum absolute atomic E-state index is 0.0348. The summed E-state index contributed by atoms with van der Waals surface area (Å²) in [6, 6.07) is 14.6. The van der Waals surface area contributed by atoms with Gasteiger partial charge in [0.2, 0.25) is 5.91 Å². The third kappa shape index (κ3) is 5.47. The van der Waals surface area contributed by atoms with Crippen molar-refractivity contribution in [2.24, 2.45) is 5.92 Å². The SMILES string of the molecule is COc1cccc(OC)c1C(=O)N1CCC(N2CCC(C(=O)NC3CCCc4ccccc43)CC2)CC1. The summed E-state index contributed by atoms with van der Waals surface area (Å²) in [6.07, 6.45) is 6.95. The Balaban J connectivity index is 1.11. The standard InChI is InChI=1S/C30H39N3O4/c1-36-26-11-6-12-27(37-2)28(26)30(35)33-19-15-23(16-20-33)32-17-13-22(14-18-32)29(34)31-25-10-5-8-21-7-3-4-9-24(21)25/h3-4,6-7,9,11-12,22-23,25H,5,8,10,13-20H2,1-2H3,(H,31,34). The highest BCUT2D eigenvalue weighted by Crippen LogP contribution is 2.33. The monoisotopic (exact) mass is 505 g/mol. The average Bonchev–Trinajstić information content (AvgIpc) is 2.96. The molecule has 198 valence electrons. The van der Waals surface area contributed by atoms with Crippen LogP contribution in [0, 0.1) is 5.92 Å². The number of aryl methyl sites for hydroxylation is 1. The van der Waals surface area contributed by atoms with E-state index in [2.05, 4.69) is 34.5 Å². The molecule has 0 bridgehead atoms. The number of piperidine rings is 2. The van der Waals surface area contributed by atoms with Gasteiger partial charge in [0.05, 0.1) is 20.3 Å². The Kier molecular flexibility index (Phi) is 7.99. The molecule has 0 saturated carbocycles. The minimum Gasteiger partial charge on any atom is -0.496 e. The van der Waals surface area contributed by atoms with Gasteiger partial charge in [-0.3, -0.25) is 9.59 Å². The van der Waals surface area contributed by atoms with Gasteiger partial charge in [-0.05, 0) is 81.3 Å². The van der Waals surface area contributed by atoms with E-state index in [0.29, 0.717) is 36.2 Å². The Labute approximate surface area is 220 Å². The number of likely N-dealkylation sites (tertiary alicyclic amines) is 2. The zero-order valence-electron chi connectivity index (χ0n) is 22.1. The molecule has 2 aromatic carbocycles. The molecule has 0 spiro atoms. The number of nitrogens with one attached hydrogen (secondary N) is 1. The van der Waals surface area contributed by atoms with Crippen LogP contribution in [0.15, 0.2) is 42.5 Å². The summed E-state index contributed by atoms with van der Waals surface area (Å²) in [7, 11) is 3.16. The second-order valence-electron chi connectivity index (χ2n) is 10.5. The third-order valence-corrected chi connectivity index (χ3v) is 8.50. The topological polar surface area (TPSA) is 71.1 Å².